The van der Waals surface area contributed by atoms with Crippen LogP contribution in [0.2, 0.25) is 0 Å². The average molecular weight is 293 g/mol. The van der Waals surface area contributed by atoms with Crippen LogP contribution in [0.3, 0.4) is 0 Å². The fourth-order valence-electron chi connectivity index (χ4n) is 1.69. The Morgan fingerprint density at radius 2 is 2.00 bits per heavy atom. The van der Waals surface area contributed by atoms with Gasteiger partial charge in [-0.3, -0.25) is 10.1 Å². The van der Waals surface area contributed by atoms with Crippen LogP contribution < -0.4 is 14.8 Å². The Morgan fingerprint density at radius 1 is 1.35 bits per heavy atom. The van der Waals surface area contributed by atoms with Crippen molar-refractivity contribution >= 4 is 5.97 Å². The Kier molecular flexibility index (Phi) is 5.20. The van der Waals surface area contributed by atoms with E-state index in [9.17, 15) is 18.0 Å². The van der Waals surface area contributed by atoms with Gasteiger partial charge in [-0.2, -0.15) is 13.2 Å². The summed E-state index contributed by atoms with van der Waals surface area (Å²) in [6.07, 6.45) is -4.51. The van der Waals surface area contributed by atoms with Gasteiger partial charge in [0, 0.05) is 5.56 Å². The van der Waals surface area contributed by atoms with E-state index in [4.69, 9.17) is 14.6 Å². The van der Waals surface area contributed by atoms with Crippen molar-refractivity contribution in [3.8, 4) is 11.5 Å². The number of hydrogen-bond acceptors (Lipinski definition) is 4. The highest BCUT2D eigenvalue weighted by Gasteiger charge is 2.32. The Hall–Kier alpha value is -1.96. The molecule has 1 atom stereocenters. The number of aliphatic carboxylic acids is 1. The third-order valence-electron chi connectivity index (χ3n) is 2.50. The maximum atomic E-state index is 12.2. The van der Waals surface area contributed by atoms with E-state index in [1.54, 1.807) is 0 Å². The molecule has 1 aromatic rings. The minimum Gasteiger partial charge on any atom is -0.493 e. The first-order valence-electron chi connectivity index (χ1n) is 5.54. The van der Waals surface area contributed by atoms with E-state index >= 15 is 0 Å². The molecule has 0 saturated heterocycles. The summed E-state index contributed by atoms with van der Waals surface area (Å²) in [5.74, 6) is -1.12. The van der Waals surface area contributed by atoms with E-state index in [1.165, 1.54) is 32.4 Å². The van der Waals surface area contributed by atoms with Gasteiger partial charge in [-0.05, 0) is 6.07 Å². The van der Waals surface area contributed by atoms with Crippen molar-refractivity contribution in [2.75, 3.05) is 20.8 Å². The molecule has 0 aromatic heterocycles. The van der Waals surface area contributed by atoms with Gasteiger partial charge in [-0.15, -0.1) is 0 Å². The van der Waals surface area contributed by atoms with E-state index in [2.05, 4.69) is 0 Å². The summed E-state index contributed by atoms with van der Waals surface area (Å²) < 4.78 is 46.6. The lowest BCUT2D eigenvalue weighted by molar-refractivity contribution is -0.143. The second-order valence-corrected chi connectivity index (χ2v) is 3.85. The van der Waals surface area contributed by atoms with Crippen molar-refractivity contribution in [2.45, 2.75) is 12.2 Å². The lowest BCUT2D eigenvalue weighted by atomic mass is 10.0. The molecular formula is C12H14F3NO4. The van der Waals surface area contributed by atoms with Crippen LogP contribution in [-0.4, -0.2) is 38.0 Å². The molecule has 8 heteroatoms. The van der Waals surface area contributed by atoms with Gasteiger partial charge in [0.25, 0.3) is 0 Å². The van der Waals surface area contributed by atoms with Gasteiger partial charge in [0.15, 0.2) is 11.5 Å². The first-order chi connectivity index (χ1) is 9.30. The van der Waals surface area contributed by atoms with Gasteiger partial charge >= 0.3 is 12.1 Å². The number of rotatable bonds is 6. The molecule has 2 N–H and O–H groups in total. The fraction of sp³-hybridized carbons (Fsp3) is 0.417. The molecule has 20 heavy (non-hydrogen) atoms. The largest absolute Gasteiger partial charge is 0.493 e. The maximum absolute atomic E-state index is 12.2. The number of carboxylic acids is 1. The highest BCUT2D eigenvalue weighted by Crippen LogP contribution is 2.35. The molecule has 5 nitrogen and oxygen atoms in total. The second kappa shape index (κ2) is 6.47. The first-order valence-corrected chi connectivity index (χ1v) is 5.54. The second-order valence-electron chi connectivity index (χ2n) is 3.85. The zero-order valence-corrected chi connectivity index (χ0v) is 10.8. The van der Waals surface area contributed by atoms with Crippen molar-refractivity contribution in [2.24, 2.45) is 0 Å². The molecule has 0 aliphatic heterocycles. The van der Waals surface area contributed by atoms with Crippen LogP contribution in [0.4, 0.5) is 13.2 Å². The lowest BCUT2D eigenvalue weighted by Gasteiger charge is -2.20. The molecule has 1 aromatic carbocycles. The summed E-state index contributed by atoms with van der Waals surface area (Å²) in [7, 11) is 2.63. The Labute approximate surface area is 113 Å². The highest BCUT2D eigenvalue weighted by molar-refractivity contribution is 5.77. The van der Waals surface area contributed by atoms with Crippen LogP contribution >= 0.6 is 0 Å². The monoisotopic (exact) mass is 293 g/mol. The molecule has 0 amide bonds. The van der Waals surface area contributed by atoms with Gasteiger partial charge in [0.05, 0.1) is 20.8 Å². The molecule has 0 bridgehead atoms. The number of methoxy groups -OCH3 is 2. The van der Waals surface area contributed by atoms with Crippen molar-refractivity contribution in [3.63, 3.8) is 0 Å². The molecule has 0 spiro atoms. The number of carboxylic acid groups (broad SMARTS) is 1. The SMILES string of the molecule is COc1cccc(C(NCC(F)(F)F)C(=O)O)c1OC. The standard InChI is InChI=1S/C12H14F3NO4/c1-19-8-5-3-4-7(10(8)20-2)9(11(17)18)16-6-12(13,14)15/h3-5,9,16H,6H2,1-2H3,(H,17,18). The van der Waals surface area contributed by atoms with Crippen LogP contribution in [-0.2, 0) is 4.79 Å². The predicted octanol–water partition coefficient (Wildman–Crippen LogP) is 1.98. The van der Waals surface area contributed by atoms with Crippen molar-refractivity contribution < 1.29 is 32.5 Å². The molecule has 0 aliphatic carbocycles. The molecule has 0 heterocycles. The van der Waals surface area contributed by atoms with Crippen LogP contribution in [0, 0.1) is 0 Å². The van der Waals surface area contributed by atoms with Gasteiger partial charge in [-0.1, -0.05) is 12.1 Å². The topological polar surface area (TPSA) is 67.8 Å². The molecule has 0 aliphatic rings. The summed E-state index contributed by atoms with van der Waals surface area (Å²) in [5.41, 5.74) is 0.0589. The van der Waals surface area contributed by atoms with E-state index in [1.807, 2.05) is 5.32 Å². The van der Waals surface area contributed by atoms with Crippen molar-refractivity contribution in [3.05, 3.63) is 23.8 Å². The summed E-state index contributed by atoms with van der Waals surface area (Å²) in [5, 5.41) is 11.0. The van der Waals surface area contributed by atoms with Gasteiger partial charge in [0.2, 0.25) is 0 Å². The summed E-state index contributed by atoms with van der Waals surface area (Å²) in [6.45, 7) is -1.43. The Balaban J connectivity index is 3.12. The van der Waals surface area contributed by atoms with E-state index in [0.717, 1.165) is 0 Å². The molecule has 112 valence electrons. The number of ether oxygens (including phenoxy) is 2. The average Bonchev–Trinajstić information content (AvgIpc) is 2.36. The number of halogens is 3. The first kappa shape index (κ1) is 16.1. The maximum Gasteiger partial charge on any atom is 0.401 e. The smallest absolute Gasteiger partial charge is 0.401 e. The zero-order valence-electron chi connectivity index (χ0n) is 10.8. The molecule has 0 saturated carbocycles. The fourth-order valence-corrected chi connectivity index (χ4v) is 1.69. The van der Waals surface area contributed by atoms with Crippen LogP contribution in [0.5, 0.6) is 11.5 Å². The third kappa shape index (κ3) is 4.02. The number of hydrogen-bond donors (Lipinski definition) is 2. The molecule has 1 unspecified atom stereocenters. The molecular weight excluding hydrogens is 279 g/mol. The minimum absolute atomic E-state index is 0.0589. The number of alkyl halides is 3. The minimum atomic E-state index is -4.51. The lowest BCUT2D eigenvalue weighted by Crippen LogP contribution is -2.36. The number of para-hydroxylation sites is 1. The zero-order chi connectivity index (χ0) is 15.3. The molecule has 0 radical (unpaired) electrons. The number of carbonyl (C=O) groups is 1. The number of benzene rings is 1. The van der Waals surface area contributed by atoms with E-state index < -0.39 is 24.7 Å². The highest BCUT2D eigenvalue weighted by atomic mass is 19.4. The Bertz CT molecular complexity index is 476. The quantitative estimate of drug-likeness (QED) is 0.839. The summed E-state index contributed by atoms with van der Waals surface area (Å²) in [6, 6.07) is 2.80. The van der Waals surface area contributed by atoms with E-state index in [0.29, 0.717) is 0 Å². The van der Waals surface area contributed by atoms with E-state index in [-0.39, 0.29) is 17.1 Å². The van der Waals surface area contributed by atoms with Crippen molar-refractivity contribution in [1.82, 2.24) is 5.32 Å². The predicted molar refractivity (Wildman–Crippen MR) is 64.0 cm³/mol. The molecule has 0 fully saturated rings. The van der Waals surface area contributed by atoms with Gasteiger partial charge in [-0.25, -0.2) is 0 Å². The third-order valence-corrected chi connectivity index (χ3v) is 2.50. The number of nitrogens with one attached hydrogen (secondary N) is 1. The molecule has 1 rings (SSSR count). The van der Waals surface area contributed by atoms with Crippen LogP contribution in [0.15, 0.2) is 18.2 Å². The van der Waals surface area contributed by atoms with Gasteiger partial charge in [0.1, 0.15) is 6.04 Å². The normalized spacial score (nSPS) is 12.8. The summed E-state index contributed by atoms with van der Waals surface area (Å²) >= 11 is 0. The Morgan fingerprint density at radius 3 is 2.45 bits per heavy atom. The summed E-state index contributed by atoms with van der Waals surface area (Å²) in [4.78, 5) is 11.2. The van der Waals surface area contributed by atoms with Crippen LogP contribution in [0.1, 0.15) is 11.6 Å². The van der Waals surface area contributed by atoms with Crippen LogP contribution in [0.25, 0.3) is 0 Å². The van der Waals surface area contributed by atoms with Crippen molar-refractivity contribution in [1.29, 1.82) is 0 Å². The van der Waals surface area contributed by atoms with Gasteiger partial charge < -0.3 is 14.6 Å².